The van der Waals surface area contributed by atoms with Crippen LogP contribution in [0.4, 0.5) is 5.69 Å². The van der Waals surface area contributed by atoms with Crippen LogP contribution < -0.4 is 5.32 Å². The third kappa shape index (κ3) is 3.84. The first-order valence-electron chi connectivity index (χ1n) is 7.52. The summed E-state index contributed by atoms with van der Waals surface area (Å²) in [7, 11) is 0. The zero-order valence-electron chi connectivity index (χ0n) is 13.1. The number of anilines is 1. The average Bonchev–Trinajstić information content (AvgIpc) is 2.51. The van der Waals surface area contributed by atoms with E-state index in [1.54, 1.807) is 4.90 Å². The molecule has 1 heterocycles. The van der Waals surface area contributed by atoms with Crippen molar-refractivity contribution in [2.24, 2.45) is 0 Å². The normalized spacial score (nSPS) is 15.7. The molecule has 22 heavy (non-hydrogen) atoms. The van der Waals surface area contributed by atoms with Gasteiger partial charge in [-0.25, -0.2) is 0 Å². The van der Waals surface area contributed by atoms with E-state index in [0.717, 1.165) is 11.1 Å². The molecule has 2 N–H and O–H groups in total. The SMILES string of the molecule is Cc1cccc(C)c1NC(=O)C(=O)N1CCN(CCO)CC1. The standard InChI is InChI=1S/C16H23N3O3/c1-12-4-3-5-13(2)14(12)17-15(21)16(22)19-8-6-18(7-9-19)10-11-20/h3-5,20H,6-11H2,1-2H3,(H,17,21). The number of benzene rings is 1. The largest absolute Gasteiger partial charge is 0.395 e. The van der Waals surface area contributed by atoms with Crippen molar-refractivity contribution in [3.05, 3.63) is 29.3 Å². The highest BCUT2D eigenvalue weighted by atomic mass is 16.3. The van der Waals surface area contributed by atoms with Crippen LogP contribution in [0.3, 0.4) is 0 Å². The number of rotatable bonds is 3. The molecule has 0 bridgehead atoms. The van der Waals surface area contributed by atoms with Crippen LogP contribution in [-0.2, 0) is 9.59 Å². The summed E-state index contributed by atoms with van der Waals surface area (Å²) in [6, 6.07) is 5.73. The van der Waals surface area contributed by atoms with Gasteiger partial charge in [0.25, 0.3) is 0 Å². The zero-order chi connectivity index (χ0) is 16.1. The maximum Gasteiger partial charge on any atom is 0.313 e. The summed E-state index contributed by atoms with van der Waals surface area (Å²) in [6.07, 6.45) is 0. The highest BCUT2D eigenvalue weighted by Crippen LogP contribution is 2.19. The Morgan fingerprint density at radius 3 is 2.27 bits per heavy atom. The van der Waals surface area contributed by atoms with Crippen molar-refractivity contribution in [3.8, 4) is 0 Å². The highest BCUT2D eigenvalue weighted by molar-refractivity contribution is 6.39. The van der Waals surface area contributed by atoms with Gasteiger partial charge >= 0.3 is 11.8 Å². The summed E-state index contributed by atoms with van der Waals surface area (Å²) in [5.74, 6) is -1.08. The minimum absolute atomic E-state index is 0.112. The topological polar surface area (TPSA) is 72.9 Å². The van der Waals surface area contributed by atoms with Gasteiger partial charge in [-0.15, -0.1) is 0 Å². The molecule has 0 spiro atoms. The maximum absolute atomic E-state index is 12.2. The predicted octanol–water partition coefficient (Wildman–Crippen LogP) is 0.378. The molecule has 1 aromatic carbocycles. The number of hydrogen-bond donors (Lipinski definition) is 2. The quantitative estimate of drug-likeness (QED) is 0.792. The number of para-hydroxylation sites is 1. The smallest absolute Gasteiger partial charge is 0.313 e. The monoisotopic (exact) mass is 305 g/mol. The van der Waals surface area contributed by atoms with E-state index in [-0.39, 0.29) is 6.61 Å². The Bertz CT molecular complexity index is 531. The van der Waals surface area contributed by atoms with Gasteiger partial charge in [-0.05, 0) is 25.0 Å². The Kier molecular flexibility index (Phi) is 5.51. The second-order valence-electron chi connectivity index (χ2n) is 5.58. The minimum Gasteiger partial charge on any atom is -0.395 e. The lowest BCUT2D eigenvalue weighted by molar-refractivity contribution is -0.144. The molecule has 2 amide bonds. The van der Waals surface area contributed by atoms with Crippen molar-refractivity contribution >= 4 is 17.5 Å². The molecular formula is C16H23N3O3. The second kappa shape index (κ2) is 7.38. The fourth-order valence-electron chi connectivity index (χ4n) is 2.64. The molecule has 6 nitrogen and oxygen atoms in total. The summed E-state index contributed by atoms with van der Waals surface area (Å²) in [5, 5.41) is 11.6. The van der Waals surface area contributed by atoms with Gasteiger partial charge in [0, 0.05) is 38.4 Å². The molecule has 6 heteroatoms. The van der Waals surface area contributed by atoms with Crippen LogP contribution in [0.2, 0.25) is 0 Å². The number of nitrogens with zero attached hydrogens (tertiary/aromatic N) is 2. The molecule has 1 aromatic rings. The first-order valence-corrected chi connectivity index (χ1v) is 7.52. The second-order valence-corrected chi connectivity index (χ2v) is 5.58. The van der Waals surface area contributed by atoms with Crippen LogP contribution in [0, 0.1) is 13.8 Å². The first-order chi connectivity index (χ1) is 10.5. The van der Waals surface area contributed by atoms with E-state index >= 15 is 0 Å². The van der Waals surface area contributed by atoms with E-state index in [4.69, 9.17) is 5.11 Å². The zero-order valence-corrected chi connectivity index (χ0v) is 13.1. The summed E-state index contributed by atoms with van der Waals surface area (Å²) in [4.78, 5) is 28.0. The van der Waals surface area contributed by atoms with E-state index in [1.165, 1.54) is 0 Å². The van der Waals surface area contributed by atoms with Crippen molar-refractivity contribution < 1.29 is 14.7 Å². The molecule has 1 aliphatic heterocycles. The number of aryl methyl sites for hydroxylation is 2. The molecule has 2 rings (SSSR count). The molecule has 0 radical (unpaired) electrons. The van der Waals surface area contributed by atoms with Crippen LogP contribution in [0.1, 0.15) is 11.1 Å². The van der Waals surface area contributed by atoms with Gasteiger partial charge < -0.3 is 15.3 Å². The van der Waals surface area contributed by atoms with Gasteiger partial charge in [0.05, 0.1) is 6.61 Å². The molecule has 1 saturated heterocycles. The van der Waals surface area contributed by atoms with Crippen molar-refractivity contribution in [2.75, 3.05) is 44.6 Å². The fraction of sp³-hybridized carbons (Fsp3) is 0.500. The number of aliphatic hydroxyl groups excluding tert-OH is 1. The Morgan fingerprint density at radius 2 is 1.73 bits per heavy atom. The lowest BCUT2D eigenvalue weighted by Crippen LogP contribution is -2.52. The van der Waals surface area contributed by atoms with E-state index in [9.17, 15) is 9.59 Å². The number of amides is 2. The van der Waals surface area contributed by atoms with Gasteiger partial charge in [0.15, 0.2) is 0 Å². The number of nitrogens with one attached hydrogen (secondary N) is 1. The third-order valence-corrected chi connectivity index (χ3v) is 3.99. The Balaban J connectivity index is 1.94. The number of hydrogen-bond acceptors (Lipinski definition) is 4. The minimum atomic E-state index is -0.590. The fourth-order valence-corrected chi connectivity index (χ4v) is 2.64. The van der Waals surface area contributed by atoms with Gasteiger partial charge in [-0.3, -0.25) is 14.5 Å². The van der Waals surface area contributed by atoms with Gasteiger partial charge in [-0.1, -0.05) is 18.2 Å². The third-order valence-electron chi connectivity index (χ3n) is 3.99. The molecular weight excluding hydrogens is 282 g/mol. The molecule has 120 valence electrons. The number of aliphatic hydroxyl groups is 1. The average molecular weight is 305 g/mol. The summed E-state index contributed by atoms with van der Waals surface area (Å²) >= 11 is 0. The van der Waals surface area contributed by atoms with Crippen molar-refractivity contribution in [1.29, 1.82) is 0 Å². The van der Waals surface area contributed by atoms with Crippen LogP contribution in [0.15, 0.2) is 18.2 Å². The highest BCUT2D eigenvalue weighted by Gasteiger charge is 2.26. The molecule has 1 fully saturated rings. The number of carbonyl (C=O) groups is 2. The number of piperazine rings is 1. The molecule has 0 aromatic heterocycles. The Labute approximate surface area is 130 Å². The summed E-state index contributed by atoms with van der Waals surface area (Å²) in [6.45, 7) is 6.92. The van der Waals surface area contributed by atoms with E-state index in [1.807, 2.05) is 32.0 Å². The molecule has 0 saturated carbocycles. The van der Waals surface area contributed by atoms with Crippen LogP contribution in [0.5, 0.6) is 0 Å². The van der Waals surface area contributed by atoms with Gasteiger partial charge in [-0.2, -0.15) is 0 Å². The van der Waals surface area contributed by atoms with E-state index in [0.29, 0.717) is 38.4 Å². The molecule has 0 atom stereocenters. The maximum atomic E-state index is 12.2. The first kappa shape index (κ1) is 16.5. The predicted molar refractivity (Wildman–Crippen MR) is 84.7 cm³/mol. The van der Waals surface area contributed by atoms with E-state index < -0.39 is 11.8 Å². The van der Waals surface area contributed by atoms with Gasteiger partial charge in [0.2, 0.25) is 0 Å². The Morgan fingerprint density at radius 1 is 1.14 bits per heavy atom. The van der Waals surface area contributed by atoms with Crippen molar-refractivity contribution in [3.63, 3.8) is 0 Å². The number of carbonyl (C=O) groups excluding carboxylic acids is 2. The van der Waals surface area contributed by atoms with E-state index in [2.05, 4.69) is 10.2 Å². The van der Waals surface area contributed by atoms with Gasteiger partial charge in [0.1, 0.15) is 0 Å². The van der Waals surface area contributed by atoms with Crippen molar-refractivity contribution in [2.45, 2.75) is 13.8 Å². The Hall–Kier alpha value is -1.92. The van der Waals surface area contributed by atoms with Crippen LogP contribution in [0.25, 0.3) is 0 Å². The molecule has 0 aliphatic carbocycles. The lowest BCUT2D eigenvalue weighted by atomic mass is 10.1. The van der Waals surface area contributed by atoms with Crippen LogP contribution in [-0.4, -0.2) is 66.1 Å². The lowest BCUT2D eigenvalue weighted by Gasteiger charge is -2.33. The molecule has 0 unspecified atom stereocenters. The van der Waals surface area contributed by atoms with Crippen LogP contribution >= 0.6 is 0 Å². The summed E-state index contributed by atoms with van der Waals surface area (Å²) in [5.41, 5.74) is 2.59. The van der Waals surface area contributed by atoms with Crippen molar-refractivity contribution in [1.82, 2.24) is 9.80 Å². The molecule has 1 aliphatic rings. The number of β-amino-alcohol motifs (C(OH)–C–C–N with tert-alkyl or cyclic N) is 1. The summed E-state index contributed by atoms with van der Waals surface area (Å²) < 4.78 is 0.